The van der Waals surface area contributed by atoms with Crippen molar-refractivity contribution in [3.8, 4) is 0 Å². The summed E-state index contributed by atoms with van der Waals surface area (Å²) < 4.78 is 0. The molecular weight excluding hydrogens is 384 g/mol. The summed E-state index contributed by atoms with van der Waals surface area (Å²) in [7, 11) is -1.15. The number of rotatable bonds is 2. The van der Waals surface area contributed by atoms with Crippen molar-refractivity contribution in [2.75, 3.05) is 17.4 Å². The van der Waals surface area contributed by atoms with Gasteiger partial charge >= 0.3 is 0 Å². The molecule has 0 saturated heterocycles. The molecule has 0 N–H and O–H groups in total. The summed E-state index contributed by atoms with van der Waals surface area (Å²) in [6.07, 6.45) is 6.83. The molecule has 0 saturated carbocycles. The lowest BCUT2D eigenvalue weighted by atomic mass is 9.87. The summed E-state index contributed by atoms with van der Waals surface area (Å²) in [5.41, 5.74) is 7.77. The number of hydrogen-bond acceptors (Lipinski definition) is 2. The van der Waals surface area contributed by atoms with Gasteiger partial charge in [0.1, 0.15) is 0 Å². The number of benzene rings is 2. The molecule has 0 fully saturated rings. The van der Waals surface area contributed by atoms with Gasteiger partial charge in [-0.15, -0.1) is 0 Å². The summed E-state index contributed by atoms with van der Waals surface area (Å²) >= 11 is 0. The number of pyridine rings is 1. The van der Waals surface area contributed by atoms with Gasteiger partial charge in [0, 0.05) is 27.4 Å². The Bertz CT molecular complexity index is 1110. The Labute approximate surface area is 183 Å². The molecule has 0 spiro atoms. The second-order valence-electron chi connectivity index (χ2n) is 10.1. The van der Waals surface area contributed by atoms with Gasteiger partial charge in [-0.25, -0.2) is 0 Å². The van der Waals surface area contributed by atoms with Gasteiger partial charge in [-0.2, -0.15) is 10.0 Å². The van der Waals surface area contributed by atoms with Crippen molar-refractivity contribution < 1.29 is 0 Å². The smallest absolute Gasteiger partial charge is 0.0586 e. The van der Waals surface area contributed by atoms with E-state index in [1.165, 1.54) is 38.0 Å². The van der Waals surface area contributed by atoms with Crippen molar-refractivity contribution in [2.24, 2.45) is 0 Å². The second-order valence-corrected chi connectivity index (χ2v) is 13.7. The summed E-state index contributed by atoms with van der Waals surface area (Å²) in [5.74, 6) is 0.518. The third kappa shape index (κ3) is 3.43. The van der Waals surface area contributed by atoms with Crippen LogP contribution in [0.3, 0.4) is 0 Å². The van der Waals surface area contributed by atoms with Crippen LogP contribution in [0.4, 0.5) is 17.1 Å². The van der Waals surface area contributed by atoms with Crippen LogP contribution in [0.15, 0.2) is 64.5 Å². The molecule has 3 aromatic rings. The van der Waals surface area contributed by atoms with Gasteiger partial charge in [0.05, 0.1) is 11.4 Å². The van der Waals surface area contributed by atoms with E-state index in [4.69, 9.17) is 0 Å². The Morgan fingerprint density at radius 1 is 0.867 bits per heavy atom. The first kappa shape index (κ1) is 21.0. The first-order valence-electron chi connectivity index (χ1n) is 10.7. The van der Waals surface area contributed by atoms with Gasteiger partial charge in [-0.1, -0.05) is 46.8 Å². The molecule has 0 unspecified atom stereocenters. The van der Waals surface area contributed by atoms with Crippen molar-refractivity contribution in [1.82, 2.24) is 4.98 Å². The van der Waals surface area contributed by atoms with E-state index in [-0.39, 0.29) is 5.41 Å². The van der Waals surface area contributed by atoms with E-state index in [9.17, 15) is 0 Å². The SMILES string of the molecule is Cc1cc(N2c3ccc(C(C)C)cc3S(C)(C)c3cc(C(C)(C)C)ccc32)ccn1. The zero-order valence-electron chi connectivity index (χ0n) is 19.6. The molecule has 0 amide bonds. The zero-order valence-corrected chi connectivity index (χ0v) is 20.4. The standard InChI is InChI=1S/C27H34N2S/c1-18(2)20-9-11-23-25(16-20)30(7,8)26-17-21(27(4,5)6)10-12-24(26)29(23)22-13-14-28-19(3)15-22/h9-18H,1-8H3. The molecule has 2 aromatic carbocycles. The largest absolute Gasteiger partial charge is 0.308 e. The van der Waals surface area contributed by atoms with Crippen LogP contribution in [0.1, 0.15) is 57.4 Å². The minimum atomic E-state index is -1.15. The highest BCUT2D eigenvalue weighted by molar-refractivity contribution is 8.33. The summed E-state index contributed by atoms with van der Waals surface area (Å²) in [5, 5.41) is 0. The molecule has 158 valence electrons. The Hall–Kier alpha value is -2.26. The van der Waals surface area contributed by atoms with Gasteiger partial charge in [0.25, 0.3) is 0 Å². The van der Waals surface area contributed by atoms with Crippen LogP contribution in [0.2, 0.25) is 0 Å². The average molecular weight is 419 g/mol. The molecule has 4 rings (SSSR count). The predicted octanol–water partition coefficient (Wildman–Crippen LogP) is 8.08. The maximum Gasteiger partial charge on any atom is 0.0586 e. The number of anilines is 3. The van der Waals surface area contributed by atoms with Crippen molar-refractivity contribution in [3.05, 3.63) is 71.5 Å². The van der Waals surface area contributed by atoms with E-state index >= 15 is 0 Å². The predicted molar refractivity (Wildman–Crippen MR) is 132 cm³/mol. The molecule has 0 bridgehead atoms. The van der Waals surface area contributed by atoms with Crippen LogP contribution >= 0.6 is 10.0 Å². The van der Waals surface area contributed by atoms with Crippen molar-refractivity contribution in [2.45, 2.75) is 62.7 Å². The molecule has 30 heavy (non-hydrogen) atoms. The Balaban J connectivity index is 2.04. The Morgan fingerprint density at radius 2 is 1.50 bits per heavy atom. The van der Waals surface area contributed by atoms with E-state index in [0.29, 0.717) is 5.92 Å². The fourth-order valence-electron chi connectivity index (χ4n) is 4.25. The van der Waals surface area contributed by atoms with Gasteiger partial charge in [0.15, 0.2) is 0 Å². The first-order chi connectivity index (χ1) is 14.0. The van der Waals surface area contributed by atoms with E-state index < -0.39 is 10.0 Å². The van der Waals surface area contributed by atoms with Gasteiger partial charge in [-0.05, 0) is 78.3 Å². The highest BCUT2D eigenvalue weighted by atomic mass is 32.3. The molecule has 2 heterocycles. The molecule has 0 aliphatic carbocycles. The van der Waals surface area contributed by atoms with Crippen molar-refractivity contribution >= 4 is 27.1 Å². The maximum absolute atomic E-state index is 4.44. The lowest BCUT2D eigenvalue weighted by molar-refractivity contribution is 0.588. The normalized spacial score (nSPS) is 16.2. The quantitative estimate of drug-likeness (QED) is 0.418. The van der Waals surface area contributed by atoms with Gasteiger partial charge in [-0.3, -0.25) is 4.98 Å². The monoisotopic (exact) mass is 418 g/mol. The molecule has 0 radical (unpaired) electrons. The number of fused-ring (bicyclic) bond motifs is 2. The summed E-state index contributed by atoms with van der Waals surface area (Å²) in [6.45, 7) is 13.5. The van der Waals surface area contributed by atoms with Crippen LogP contribution in [0.25, 0.3) is 0 Å². The van der Waals surface area contributed by atoms with E-state index in [1.807, 2.05) is 6.20 Å². The number of aryl methyl sites for hydroxylation is 1. The molecule has 1 aliphatic heterocycles. The Kier molecular flexibility index (Phi) is 5.01. The molecule has 1 aliphatic rings. The molecule has 1 aromatic heterocycles. The van der Waals surface area contributed by atoms with Gasteiger partial charge < -0.3 is 4.90 Å². The van der Waals surface area contributed by atoms with Crippen LogP contribution in [0, 0.1) is 6.92 Å². The highest BCUT2D eigenvalue weighted by Gasteiger charge is 2.35. The molecule has 2 nitrogen and oxygen atoms in total. The number of aromatic nitrogens is 1. The summed E-state index contributed by atoms with van der Waals surface area (Å²) in [6, 6.07) is 18.5. The minimum absolute atomic E-state index is 0.128. The molecular formula is C27H34N2S. The highest BCUT2D eigenvalue weighted by Crippen LogP contribution is 2.68. The van der Waals surface area contributed by atoms with Crippen molar-refractivity contribution in [1.29, 1.82) is 0 Å². The van der Waals surface area contributed by atoms with E-state index in [1.54, 1.807) is 0 Å². The maximum atomic E-state index is 4.44. The topological polar surface area (TPSA) is 16.1 Å². The van der Waals surface area contributed by atoms with Crippen molar-refractivity contribution in [3.63, 3.8) is 0 Å². The minimum Gasteiger partial charge on any atom is -0.308 e. The lowest BCUT2D eigenvalue weighted by Gasteiger charge is -2.46. The van der Waals surface area contributed by atoms with Gasteiger partial charge in [0.2, 0.25) is 0 Å². The van der Waals surface area contributed by atoms with Crippen LogP contribution < -0.4 is 4.90 Å². The van der Waals surface area contributed by atoms with Crippen LogP contribution in [0.5, 0.6) is 0 Å². The fourth-order valence-corrected chi connectivity index (χ4v) is 6.71. The second kappa shape index (κ2) is 7.16. The van der Waals surface area contributed by atoms with E-state index in [2.05, 4.69) is 112 Å². The zero-order chi connectivity index (χ0) is 21.8. The average Bonchev–Trinajstić information content (AvgIpc) is 2.67. The first-order valence-corrected chi connectivity index (χ1v) is 13.2. The van der Waals surface area contributed by atoms with E-state index in [0.717, 1.165) is 5.69 Å². The lowest BCUT2D eigenvalue weighted by Crippen LogP contribution is -2.22. The fraction of sp³-hybridized carbons (Fsp3) is 0.370. The Morgan fingerprint density at radius 3 is 2.10 bits per heavy atom. The van der Waals surface area contributed by atoms with Crippen LogP contribution in [-0.2, 0) is 5.41 Å². The molecule has 0 atom stereocenters. The van der Waals surface area contributed by atoms with Crippen LogP contribution in [-0.4, -0.2) is 17.5 Å². The number of hydrogen-bond donors (Lipinski definition) is 0. The summed E-state index contributed by atoms with van der Waals surface area (Å²) in [4.78, 5) is 9.82. The third-order valence-corrected chi connectivity index (χ3v) is 9.05. The third-order valence-electron chi connectivity index (χ3n) is 6.20. The molecule has 3 heteroatoms. The number of nitrogens with zero attached hydrogens (tertiary/aromatic N) is 2.